The Labute approximate surface area is 99.7 Å². The van der Waals surface area contributed by atoms with Crippen molar-refractivity contribution in [1.82, 2.24) is 4.90 Å². The highest BCUT2D eigenvalue weighted by Gasteiger charge is 2.37. The summed E-state index contributed by atoms with van der Waals surface area (Å²) in [7, 11) is 0. The molecule has 88 valence electrons. The van der Waals surface area contributed by atoms with E-state index in [0.717, 1.165) is 13.1 Å². The van der Waals surface area contributed by atoms with Crippen LogP contribution in [0.2, 0.25) is 0 Å². The summed E-state index contributed by atoms with van der Waals surface area (Å²) in [6.45, 7) is 5.81. The quantitative estimate of drug-likeness (QED) is 0.877. The Bertz CT molecular complexity index is 357. The smallest absolute Gasteiger partial charge is 0.306 e. The molecule has 1 aromatic rings. The fraction of sp³-hybridized carbons (Fsp3) is 0.583. The normalized spacial score (nSPS) is 21.4. The van der Waals surface area contributed by atoms with E-state index in [0.29, 0.717) is 12.0 Å². The molecular formula is C12H17NO2S. The summed E-state index contributed by atoms with van der Waals surface area (Å²) in [6, 6.07) is 4.63. The van der Waals surface area contributed by atoms with E-state index in [9.17, 15) is 4.79 Å². The van der Waals surface area contributed by atoms with E-state index in [2.05, 4.69) is 29.3 Å². The number of likely N-dealkylation sites (tertiary alicyclic amines) is 1. The zero-order valence-corrected chi connectivity index (χ0v) is 10.4. The molecule has 0 bridgehead atoms. The minimum absolute atomic E-state index is 0.216. The maximum absolute atomic E-state index is 10.8. The Morgan fingerprint density at radius 3 is 2.75 bits per heavy atom. The van der Waals surface area contributed by atoms with Gasteiger partial charge < -0.3 is 5.11 Å². The molecule has 1 saturated heterocycles. The lowest BCUT2D eigenvalue weighted by molar-refractivity contribution is -0.145. The third-order valence-corrected chi connectivity index (χ3v) is 4.58. The highest BCUT2D eigenvalue weighted by molar-refractivity contribution is 7.10. The summed E-state index contributed by atoms with van der Waals surface area (Å²) in [4.78, 5) is 14.5. The highest BCUT2D eigenvalue weighted by atomic mass is 32.1. The summed E-state index contributed by atoms with van der Waals surface area (Å²) >= 11 is 1.77. The second-order valence-electron chi connectivity index (χ2n) is 4.53. The average Bonchev–Trinajstić information content (AvgIpc) is 2.67. The van der Waals surface area contributed by atoms with Crippen LogP contribution >= 0.6 is 11.3 Å². The minimum atomic E-state index is -0.673. The fourth-order valence-electron chi connectivity index (χ4n) is 2.09. The summed E-state index contributed by atoms with van der Waals surface area (Å²) in [5.41, 5.74) is 0. The lowest BCUT2D eigenvalue weighted by atomic mass is 9.86. The van der Waals surface area contributed by atoms with Crippen LogP contribution in [0.15, 0.2) is 17.5 Å². The SMILES string of the molecule is CC(C(=O)O)C1CN(C(C)c2cccs2)C1. The molecule has 0 spiro atoms. The van der Waals surface area contributed by atoms with Crippen LogP contribution < -0.4 is 0 Å². The van der Waals surface area contributed by atoms with Gasteiger partial charge in [-0.2, -0.15) is 0 Å². The van der Waals surface area contributed by atoms with Gasteiger partial charge in [0.2, 0.25) is 0 Å². The fourth-order valence-corrected chi connectivity index (χ4v) is 2.91. The van der Waals surface area contributed by atoms with E-state index < -0.39 is 5.97 Å². The molecule has 2 rings (SSSR count). The molecule has 0 saturated carbocycles. The maximum Gasteiger partial charge on any atom is 0.306 e. The van der Waals surface area contributed by atoms with Crippen molar-refractivity contribution in [1.29, 1.82) is 0 Å². The van der Waals surface area contributed by atoms with Gasteiger partial charge in [0, 0.05) is 24.0 Å². The van der Waals surface area contributed by atoms with Crippen molar-refractivity contribution in [2.75, 3.05) is 13.1 Å². The van der Waals surface area contributed by atoms with Crippen LogP contribution in [0.1, 0.15) is 24.8 Å². The van der Waals surface area contributed by atoms with Gasteiger partial charge in [-0.05, 0) is 24.3 Å². The number of nitrogens with zero attached hydrogens (tertiary/aromatic N) is 1. The number of aliphatic carboxylic acids is 1. The van der Waals surface area contributed by atoms with E-state index in [1.807, 2.05) is 0 Å². The van der Waals surface area contributed by atoms with Gasteiger partial charge in [0.25, 0.3) is 0 Å². The number of hydrogen-bond acceptors (Lipinski definition) is 3. The van der Waals surface area contributed by atoms with Gasteiger partial charge in [0.1, 0.15) is 0 Å². The summed E-state index contributed by atoms with van der Waals surface area (Å²) in [5.74, 6) is -0.569. The number of carboxylic acids is 1. The predicted octanol–water partition coefficient (Wildman–Crippen LogP) is 2.46. The van der Waals surface area contributed by atoms with Gasteiger partial charge >= 0.3 is 5.97 Å². The Morgan fingerprint density at radius 2 is 2.25 bits per heavy atom. The Balaban J connectivity index is 1.87. The predicted molar refractivity (Wildman–Crippen MR) is 64.6 cm³/mol. The van der Waals surface area contributed by atoms with Crippen LogP contribution in [0.5, 0.6) is 0 Å². The number of carbonyl (C=O) groups is 1. The molecule has 0 aliphatic carbocycles. The molecule has 1 aliphatic heterocycles. The second kappa shape index (κ2) is 4.55. The van der Waals surface area contributed by atoms with Crippen LogP contribution in [0, 0.1) is 11.8 Å². The number of hydrogen-bond donors (Lipinski definition) is 1. The van der Waals surface area contributed by atoms with Crippen molar-refractivity contribution in [3.63, 3.8) is 0 Å². The molecule has 4 heteroatoms. The average molecular weight is 239 g/mol. The molecule has 2 atom stereocenters. The molecule has 1 aromatic heterocycles. The van der Waals surface area contributed by atoms with Crippen molar-refractivity contribution >= 4 is 17.3 Å². The monoisotopic (exact) mass is 239 g/mol. The van der Waals surface area contributed by atoms with E-state index in [4.69, 9.17) is 5.11 Å². The van der Waals surface area contributed by atoms with Crippen molar-refractivity contribution in [3.8, 4) is 0 Å². The van der Waals surface area contributed by atoms with E-state index in [-0.39, 0.29) is 5.92 Å². The van der Waals surface area contributed by atoms with Crippen LogP contribution in [0.25, 0.3) is 0 Å². The molecule has 1 fully saturated rings. The second-order valence-corrected chi connectivity index (χ2v) is 5.51. The van der Waals surface area contributed by atoms with Crippen LogP contribution in [-0.2, 0) is 4.79 Å². The summed E-state index contributed by atoms with van der Waals surface area (Å²) in [5, 5.41) is 11.0. The van der Waals surface area contributed by atoms with Crippen LogP contribution in [-0.4, -0.2) is 29.1 Å². The molecule has 16 heavy (non-hydrogen) atoms. The number of carboxylic acid groups (broad SMARTS) is 1. The van der Waals surface area contributed by atoms with Gasteiger partial charge in [-0.15, -0.1) is 11.3 Å². The standard InChI is InChI=1S/C12H17NO2S/c1-8(12(14)15)10-6-13(7-10)9(2)11-4-3-5-16-11/h3-5,8-10H,6-7H2,1-2H3,(H,14,15). The molecule has 0 radical (unpaired) electrons. The molecule has 2 unspecified atom stereocenters. The first-order valence-corrected chi connectivity index (χ1v) is 6.48. The largest absolute Gasteiger partial charge is 0.481 e. The van der Waals surface area contributed by atoms with Crippen molar-refractivity contribution in [2.45, 2.75) is 19.9 Å². The number of rotatable bonds is 4. The topological polar surface area (TPSA) is 40.5 Å². The molecule has 0 aromatic carbocycles. The third kappa shape index (κ3) is 2.13. The Kier molecular flexibility index (Phi) is 3.30. The lowest BCUT2D eigenvalue weighted by Gasteiger charge is -2.44. The Hall–Kier alpha value is -0.870. The molecule has 0 amide bonds. The third-order valence-electron chi connectivity index (χ3n) is 3.54. The van der Waals surface area contributed by atoms with Crippen molar-refractivity contribution < 1.29 is 9.90 Å². The van der Waals surface area contributed by atoms with E-state index in [1.54, 1.807) is 18.3 Å². The molecule has 1 N–H and O–H groups in total. The van der Waals surface area contributed by atoms with Crippen molar-refractivity contribution in [3.05, 3.63) is 22.4 Å². The van der Waals surface area contributed by atoms with Crippen molar-refractivity contribution in [2.24, 2.45) is 11.8 Å². The molecule has 2 heterocycles. The van der Waals surface area contributed by atoms with Gasteiger partial charge in [-0.25, -0.2) is 0 Å². The summed E-state index contributed by atoms with van der Waals surface area (Å²) < 4.78 is 0. The van der Waals surface area contributed by atoms with Gasteiger partial charge in [0.05, 0.1) is 5.92 Å². The minimum Gasteiger partial charge on any atom is -0.481 e. The maximum atomic E-state index is 10.8. The Morgan fingerprint density at radius 1 is 1.56 bits per heavy atom. The zero-order chi connectivity index (χ0) is 11.7. The van der Waals surface area contributed by atoms with E-state index in [1.165, 1.54) is 4.88 Å². The molecule has 1 aliphatic rings. The van der Waals surface area contributed by atoms with Crippen LogP contribution in [0.3, 0.4) is 0 Å². The van der Waals surface area contributed by atoms with E-state index >= 15 is 0 Å². The first kappa shape index (κ1) is 11.6. The van der Waals surface area contributed by atoms with Crippen LogP contribution in [0.4, 0.5) is 0 Å². The van der Waals surface area contributed by atoms with Gasteiger partial charge in [-0.1, -0.05) is 13.0 Å². The summed E-state index contributed by atoms with van der Waals surface area (Å²) in [6.07, 6.45) is 0. The lowest BCUT2D eigenvalue weighted by Crippen LogP contribution is -2.51. The van der Waals surface area contributed by atoms with Gasteiger partial charge in [-0.3, -0.25) is 9.69 Å². The number of thiophene rings is 1. The first-order valence-electron chi connectivity index (χ1n) is 5.60. The molecular weight excluding hydrogens is 222 g/mol. The molecule has 3 nitrogen and oxygen atoms in total. The first-order chi connectivity index (χ1) is 7.59. The highest BCUT2D eigenvalue weighted by Crippen LogP contribution is 2.33. The van der Waals surface area contributed by atoms with Gasteiger partial charge in [0.15, 0.2) is 0 Å². The zero-order valence-electron chi connectivity index (χ0n) is 9.59.